The highest BCUT2D eigenvalue weighted by atomic mass is 16.6. The van der Waals surface area contributed by atoms with Crippen molar-refractivity contribution in [2.45, 2.75) is 226 Å². The second-order valence-corrected chi connectivity index (χ2v) is 16.9. The zero-order chi connectivity index (χ0) is 46.5. The Bertz CT molecular complexity index is 1340. The van der Waals surface area contributed by atoms with Crippen molar-refractivity contribution in [1.82, 2.24) is 0 Å². The summed E-state index contributed by atoms with van der Waals surface area (Å²) in [4.78, 5) is 37.9. The lowest BCUT2D eigenvalue weighted by molar-refractivity contribution is -0.167. The van der Waals surface area contributed by atoms with Gasteiger partial charge in [0.1, 0.15) is 13.2 Å². The summed E-state index contributed by atoms with van der Waals surface area (Å²) in [5.41, 5.74) is 0. The molecule has 6 heteroatoms. The van der Waals surface area contributed by atoms with Crippen LogP contribution in [0.2, 0.25) is 0 Å². The van der Waals surface area contributed by atoms with Gasteiger partial charge < -0.3 is 14.2 Å². The minimum atomic E-state index is -0.808. The van der Waals surface area contributed by atoms with E-state index in [0.717, 1.165) is 83.5 Å². The Balaban J connectivity index is 4.45. The summed E-state index contributed by atoms with van der Waals surface area (Å²) >= 11 is 0. The van der Waals surface area contributed by atoms with Gasteiger partial charge in [-0.2, -0.15) is 0 Å². The average molecular weight is 887 g/mol. The van der Waals surface area contributed by atoms with Gasteiger partial charge in [-0.3, -0.25) is 14.4 Å². The van der Waals surface area contributed by atoms with Crippen LogP contribution >= 0.6 is 0 Å². The van der Waals surface area contributed by atoms with E-state index in [1.54, 1.807) is 0 Å². The molecule has 0 fully saturated rings. The molecule has 0 heterocycles. The van der Waals surface area contributed by atoms with E-state index < -0.39 is 6.10 Å². The van der Waals surface area contributed by atoms with E-state index in [2.05, 4.69) is 69.4 Å². The van der Waals surface area contributed by atoms with Gasteiger partial charge in [-0.1, -0.05) is 226 Å². The summed E-state index contributed by atoms with van der Waals surface area (Å²) in [6, 6.07) is 0. The van der Waals surface area contributed by atoms with Crippen molar-refractivity contribution < 1.29 is 28.6 Å². The predicted octanol–water partition coefficient (Wildman–Crippen LogP) is 17.1. The number of hydrogen-bond donors (Lipinski definition) is 0. The SMILES string of the molecule is CC\C=C/C=C\C=C/C=C\C=C\C=C/CCCCCC(=O)OC(COC(=O)CCCCCC/C=C\CCCC)COC(=O)CCCCCCCCCCCC/C=C\C=C/CCCCC. The zero-order valence-corrected chi connectivity index (χ0v) is 41.3. The van der Waals surface area contributed by atoms with Crippen LogP contribution in [0.25, 0.3) is 0 Å². The van der Waals surface area contributed by atoms with E-state index in [1.807, 2.05) is 60.8 Å². The minimum absolute atomic E-state index is 0.104. The fraction of sp³-hybridized carbons (Fsp3) is 0.638. The van der Waals surface area contributed by atoms with Gasteiger partial charge in [0.25, 0.3) is 0 Å². The van der Waals surface area contributed by atoms with Crippen molar-refractivity contribution in [3.05, 3.63) is 109 Å². The van der Waals surface area contributed by atoms with Crippen LogP contribution in [-0.4, -0.2) is 37.2 Å². The topological polar surface area (TPSA) is 78.9 Å². The number of rotatable bonds is 45. The summed E-state index contributed by atoms with van der Waals surface area (Å²) in [6.45, 7) is 6.36. The smallest absolute Gasteiger partial charge is 0.306 e. The van der Waals surface area contributed by atoms with E-state index in [1.165, 1.54) is 89.9 Å². The molecule has 1 atom stereocenters. The second-order valence-electron chi connectivity index (χ2n) is 16.9. The van der Waals surface area contributed by atoms with Gasteiger partial charge in [-0.25, -0.2) is 0 Å². The van der Waals surface area contributed by atoms with Crippen molar-refractivity contribution in [1.29, 1.82) is 0 Å². The summed E-state index contributed by atoms with van der Waals surface area (Å²) in [7, 11) is 0. The van der Waals surface area contributed by atoms with E-state index >= 15 is 0 Å². The highest BCUT2D eigenvalue weighted by molar-refractivity contribution is 5.71. The van der Waals surface area contributed by atoms with Crippen LogP contribution < -0.4 is 0 Å². The maximum atomic E-state index is 12.8. The lowest BCUT2D eigenvalue weighted by Gasteiger charge is -2.18. The molecule has 0 aliphatic rings. The maximum Gasteiger partial charge on any atom is 0.306 e. The van der Waals surface area contributed by atoms with Gasteiger partial charge in [-0.15, -0.1) is 0 Å². The third kappa shape index (κ3) is 49.1. The molecular weight excluding hydrogens is 793 g/mol. The molecule has 0 N–H and O–H groups in total. The fourth-order valence-electron chi connectivity index (χ4n) is 6.74. The van der Waals surface area contributed by atoms with Crippen LogP contribution in [0.15, 0.2) is 109 Å². The second kappa shape index (κ2) is 51.7. The Hall–Kier alpha value is -3.93. The molecule has 362 valence electrons. The first-order valence-electron chi connectivity index (χ1n) is 26.0. The molecule has 0 aromatic carbocycles. The first kappa shape index (κ1) is 60.1. The third-order valence-corrected chi connectivity index (χ3v) is 10.7. The van der Waals surface area contributed by atoms with Crippen LogP contribution in [0.4, 0.5) is 0 Å². The molecule has 0 bridgehead atoms. The minimum Gasteiger partial charge on any atom is -0.462 e. The van der Waals surface area contributed by atoms with E-state index in [-0.39, 0.29) is 37.5 Å². The molecule has 0 radical (unpaired) electrons. The van der Waals surface area contributed by atoms with Crippen molar-refractivity contribution in [2.75, 3.05) is 13.2 Å². The normalized spacial score (nSPS) is 13.0. The molecule has 0 rings (SSSR count). The Kier molecular flexibility index (Phi) is 48.5. The number of esters is 3. The van der Waals surface area contributed by atoms with Crippen molar-refractivity contribution >= 4 is 17.9 Å². The summed E-state index contributed by atoms with van der Waals surface area (Å²) in [5.74, 6) is -0.971. The van der Waals surface area contributed by atoms with Crippen molar-refractivity contribution in [3.63, 3.8) is 0 Å². The first-order chi connectivity index (χ1) is 31.5. The molecule has 0 aliphatic heterocycles. The molecule has 0 amide bonds. The van der Waals surface area contributed by atoms with Crippen LogP contribution in [0, 0.1) is 0 Å². The Morgan fingerprint density at radius 2 is 0.641 bits per heavy atom. The summed E-state index contributed by atoms with van der Waals surface area (Å²) in [5, 5.41) is 0. The van der Waals surface area contributed by atoms with Gasteiger partial charge in [-0.05, 0) is 83.5 Å². The lowest BCUT2D eigenvalue weighted by atomic mass is 10.1. The lowest BCUT2D eigenvalue weighted by Crippen LogP contribution is -2.30. The van der Waals surface area contributed by atoms with E-state index in [9.17, 15) is 14.4 Å². The highest BCUT2D eigenvalue weighted by Gasteiger charge is 2.19. The molecule has 0 aliphatic carbocycles. The number of carbonyl (C=O) groups excluding carboxylic acids is 3. The average Bonchev–Trinajstić information content (AvgIpc) is 3.29. The van der Waals surface area contributed by atoms with Crippen LogP contribution in [-0.2, 0) is 28.6 Å². The maximum absolute atomic E-state index is 12.8. The van der Waals surface area contributed by atoms with Crippen LogP contribution in [0.1, 0.15) is 220 Å². The summed E-state index contributed by atoms with van der Waals surface area (Å²) < 4.78 is 16.7. The Labute approximate surface area is 393 Å². The molecule has 64 heavy (non-hydrogen) atoms. The molecule has 1 unspecified atom stereocenters. The van der Waals surface area contributed by atoms with Crippen molar-refractivity contribution in [2.24, 2.45) is 0 Å². The number of allylic oxidation sites excluding steroid dienone is 18. The number of carbonyl (C=O) groups is 3. The van der Waals surface area contributed by atoms with Crippen LogP contribution in [0.5, 0.6) is 0 Å². The third-order valence-electron chi connectivity index (χ3n) is 10.7. The van der Waals surface area contributed by atoms with Crippen LogP contribution in [0.3, 0.4) is 0 Å². The standard InChI is InChI=1S/C58H94O6/c1-4-7-10-13-16-19-22-24-26-28-29-31-32-34-36-39-42-45-48-51-57(60)63-54-55(53-62-56(59)50-47-44-41-38-21-18-15-12-9-6-3)64-58(61)52-49-46-43-40-37-35-33-30-27-25-23-20-17-14-11-8-5-2/h8,11,14-20,22-25,27,30,33,35,37,55H,4-7,9-10,12-13,21,26,28-29,31-32,34,36,38-54H2,1-3H3/b11-8-,17-14-,18-15-,19-16-,23-20-,24-22-,27-25-,33-30+,37-35-. The number of unbranched alkanes of at least 4 members (excludes halogenated alkanes) is 22. The number of hydrogen-bond acceptors (Lipinski definition) is 6. The summed E-state index contributed by atoms with van der Waals surface area (Å²) in [6.07, 6.45) is 69.3. The molecule has 6 nitrogen and oxygen atoms in total. The molecule has 0 aromatic rings. The van der Waals surface area contributed by atoms with Gasteiger partial charge in [0, 0.05) is 19.3 Å². The molecule has 0 saturated carbocycles. The van der Waals surface area contributed by atoms with Gasteiger partial charge >= 0.3 is 17.9 Å². The molecule has 0 saturated heterocycles. The predicted molar refractivity (Wildman–Crippen MR) is 274 cm³/mol. The molecular formula is C58H94O6. The largest absolute Gasteiger partial charge is 0.462 e. The van der Waals surface area contributed by atoms with E-state index in [0.29, 0.717) is 19.3 Å². The van der Waals surface area contributed by atoms with Gasteiger partial charge in [0.2, 0.25) is 0 Å². The van der Waals surface area contributed by atoms with Crippen molar-refractivity contribution in [3.8, 4) is 0 Å². The first-order valence-corrected chi connectivity index (χ1v) is 26.0. The van der Waals surface area contributed by atoms with Gasteiger partial charge in [0.15, 0.2) is 6.10 Å². The Morgan fingerprint density at radius 1 is 0.328 bits per heavy atom. The Morgan fingerprint density at radius 3 is 1.08 bits per heavy atom. The molecule has 0 aromatic heterocycles. The highest BCUT2D eigenvalue weighted by Crippen LogP contribution is 2.14. The zero-order valence-electron chi connectivity index (χ0n) is 41.3. The van der Waals surface area contributed by atoms with Gasteiger partial charge in [0.05, 0.1) is 0 Å². The van der Waals surface area contributed by atoms with E-state index in [4.69, 9.17) is 14.2 Å². The quantitative estimate of drug-likeness (QED) is 0.0199. The fourth-order valence-corrected chi connectivity index (χ4v) is 6.74. The monoisotopic (exact) mass is 887 g/mol. The molecule has 0 spiro atoms. The number of ether oxygens (including phenoxy) is 3.